The first-order valence-corrected chi connectivity index (χ1v) is 10.8. The van der Waals surface area contributed by atoms with Crippen LogP contribution < -0.4 is 0 Å². The quantitative estimate of drug-likeness (QED) is 0.615. The number of hydrogen-bond acceptors (Lipinski definition) is 5. The summed E-state index contributed by atoms with van der Waals surface area (Å²) in [6, 6.07) is 13.3. The Balaban J connectivity index is 2.15. The number of rotatable bonds is 7. The van der Waals surface area contributed by atoms with E-state index in [1.807, 2.05) is 25.1 Å². The number of aliphatic hydroxyl groups is 1. The number of esters is 1. The van der Waals surface area contributed by atoms with E-state index >= 15 is 0 Å². The molecule has 1 N–H and O–H groups in total. The first kappa shape index (κ1) is 23.5. The van der Waals surface area contributed by atoms with Gasteiger partial charge >= 0.3 is 5.97 Å². The molecule has 2 aromatic carbocycles. The van der Waals surface area contributed by atoms with E-state index in [-0.39, 0.29) is 18.9 Å². The molecule has 4 atom stereocenters. The number of amides is 1. The van der Waals surface area contributed by atoms with E-state index in [0.717, 1.165) is 11.1 Å². The summed E-state index contributed by atoms with van der Waals surface area (Å²) < 4.78 is 11.0. The molecule has 3 rings (SSSR count). The summed E-state index contributed by atoms with van der Waals surface area (Å²) in [4.78, 5) is 27.1. The molecule has 6 nitrogen and oxygen atoms in total. The highest BCUT2D eigenvalue weighted by atomic mass is 35.5. The zero-order chi connectivity index (χ0) is 22.5. The van der Waals surface area contributed by atoms with Crippen LogP contribution in [0.4, 0.5) is 0 Å². The number of hydrogen-bond donors (Lipinski definition) is 1. The second-order valence-electron chi connectivity index (χ2n) is 7.37. The molecule has 166 valence electrons. The van der Waals surface area contributed by atoms with E-state index in [9.17, 15) is 14.7 Å². The van der Waals surface area contributed by atoms with Crippen molar-refractivity contribution in [2.75, 3.05) is 13.7 Å². The van der Waals surface area contributed by atoms with Gasteiger partial charge in [0.1, 0.15) is 12.2 Å². The molecular weight excluding hydrogens is 441 g/mol. The minimum absolute atomic E-state index is 0.223. The third-order valence-electron chi connectivity index (χ3n) is 5.47. The fourth-order valence-electron chi connectivity index (χ4n) is 3.89. The maximum absolute atomic E-state index is 13.5. The smallest absolute Gasteiger partial charge is 0.308 e. The minimum Gasteiger partial charge on any atom is -0.469 e. The van der Waals surface area contributed by atoms with Crippen molar-refractivity contribution < 1.29 is 24.2 Å². The molecule has 0 bridgehead atoms. The average molecular weight is 466 g/mol. The van der Waals surface area contributed by atoms with Crippen molar-refractivity contribution in [2.45, 2.75) is 44.1 Å². The molecule has 0 aliphatic carbocycles. The molecule has 1 saturated heterocycles. The summed E-state index contributed by atoms with van der Waals surface area (Å²) in [7, 11) is 1.26. The van der Waals surface area contributed by atoms with Crippen molar-refractivity contribution in [3.8, 4) is 0 Å². The largest absolute Gasteiger partial charge is 0.469 e. The van der Waals surface area contributed by atoms with Crippen LogP contribution in [0.25, 0.3) is 0 Å². The molecule has 2 aromatic rings. The average Bonchev–Trinajstić information content (AvgIpc) is 2.77. The van der Waals surface area contributed by atoms with Gasteiger partial charge in [-0.2, -0.15) is 0 Å². The van der Waals surface area contributed by atoms with Crippen LogP contribution in [0.15, 0.2) is 48.5 Å². The van der Waals surface area contributed by atoms with Gasteiger partial charge in [0.15, 0.2) is 0 Å². The predicted octanol–water partition coefficient (Wildman–Crippen LogP) is 4.34. The van der Waals surface area contributed by atoms with Gasteiger partial charge in [0.2, 0.25) is 0 Å². The molecule has 1 aliphatic heterocycles. The standard InChI is InChI=1S/C23H25Cl2NO5/c1-3-18(13-27)26-21(14-7-9-16(24)10-8-14)22(15-5-4-6-17(25)11-15)31-19(23(26)29)12-20(28)30-2/h4-11,18-19,21-22,27H,3,12-13H2,1-2H3/t18-,19-,21+,22+/m0/s1. The van der Waals surface area contributed by atoms with Crippen LogP contribution in [0, 0.1) is 0 Å². The Labute approximate surface area is 191 Å². The van der Waals surface area contributed by atoms with Gasteiger partial charge in [-0.1, -0.05) is 54.4 Å². The van der Waals surface area contributed by atoms with Crippen LogP contribution in [-0.4, -0.2) is 47.7 Å². The number of nitrogens with zero attached hydrogens (tertiary/aromatic N) is 1. The van der Waals surface area contributed by atoms with Crippen molar-refractivity contribution in [2.24, 2.45) is 0 Å². The number of methoxy groups -OCH3 is 1. The van der Waals surface area contributed by atoms with E-state index in [1.54, 1.807) is 35.2 Å². The maximum atomic E-state index is 13.5. The predicted molar refractivity (Wildman–Crippen MR) is 118 cm³/mol. The van der Waals surface area contributed by atoms with E-state index in [0.29, 0.717) is 16.5 Å². The second kappa shape index (κ2) is 10.5. The normalized spacial score (nSPS) is 22.3. The van der Waals surface area contributed by atoms with E-state index in [4.69, 9.17) is 32.7 Å². The van der Waals surface area contributed by atoms with Gasteiger partial charge in [-0.3, -0.25) is 9.59 Å². The Kier molecular flexibility index (Phi) is 7.94. The minimum atomic E-state index is -1.04. The number of halogens is 2. The van der Waals surface area contributed by atoms with Gasteiger partial charge in [0.05, 0.1) is 32.2 Å². The monoisotopic (exact) mass is 465 g/mol. The summed E-state index contributed by atoms with van der Waals surface area (Å²) in [6.45, 7) is 1.67. The fraction of sp³-hybridized carbons (Fsp3) is 0.391. The highest BCUT2D eigenvalue weighted by molar-refractivity contribution is 6.30. The van der Waals surface area contributed by atoms with Crippen LogP contribution in [0.5, 0.6) is 0 Å². The number of benzene rings is 2. The van der Waals surface area contributed by atoms with Crippen molar-refractivity contribution in [3.05, 3.63) is 69.7 Å². The van der Waals surface area contributed by atoms with Crippen LogP contribution in [0.1, 0.15) is 43.0 Å². The lowest BCUT2D eigenvalue weighted by Gasteiger charge is -2.47. The van der Waals surface area contributed by atoms with Crippen molar-refractivity contribution >= 4 is 35.1 Å². The Bertz CT molecular complexity index is 916. The van der Waals surface area contributed by atoms with Gasteiger partial charge in [-0.05, 0) is 41.8 Å². The number of carbonyl (C=O) groups is 2. The summed E-state index contributed by atoms with van der Waals surface area (Å²) in [5, 5.41) is 11.1. The Morgan fingerprint density at radius 2 is 1.87 bits per heavy atom. The van der Waals surface area contributed by atoms with E-state index < -0.39 is 30.3 Å². The first-order valence-electron chi connectivity index (χ1n) is 10.1. The Morgan fingerprint density at radius 1 is 1.16 bits per heavy atom. The fourth-order valence-corrected chi connectivity index (χ4v) is 4.21. The van der Waals surface area contributed by atoms with Gasteiger partial charge in [0.25, 0.3) is 5.91 Å². The Morgan fingerprint density at radius 3 is 2.45 bits per heavy atom. The van der Waals surface area contributed by atoms with Crippen molar-refractivity contribution in [3.63, 3.8) is 0 Å². The lowest BCUT2D eigenvalue weighted by molar-refractivity contribution is -0.185. The number of ether oxygens (including phenoxy) is 2. The molecule has 1 heterocycles. The highest BCUT2D eigenvalue weighted by Crippen LogP contribution is 2.44. The molecule has 8 heteroatoms. The molecule has 1 aliphatic rings. The molecule has 1 fully saturated rings. The number of aliphatic hydroxyl groups excluding tert-OH is 1. The SMILES string of the molecule is CC[C@@H](CO)N1C(=O)[C@H](CC(=O)OC)O[C@H](c2cccc(Cl)c2)[C@H]1c1ccc(Cl)cc1. The summed E-state index contributed by atoms with van der Waals surface area (Å²) in [5.41, 5.74) is 1.55. The van der Waals surface area contributed by atoms with Gasteiger partial charge < -0.3 is 19.5 Å². The van der Waals surface area contributed by atoms with Gasteiger partial charge in [0, 0.05) is 10.0 Å². The summed E-state index contributed by atoms with van der Waals surface area (Å²) in [5.74, 6) is -0.922. The molecule has 0 aromatic heterocycles. The number of carbonyl (C=O) groups excluding carboxylic acids is 2. The second-order valence-corrected chi connectivity index (χ2v) is 8.24. The summed E-state index contributed by atoms with van der Waals surface area (Å²) in [6.07, 6.45) is -1.36. The molecule has 0 radical (unpaired) electrons. The Hall–Kier alpha value is -2.12. The highest BCUT2D eigenvalue weighted by Gasteiger charge is 2.47. The number of morpholine rings is 1. The van der Waals surface area contributed by atoms with Crippen LogP contribution in [0.3, 0.4) is 0 Å². The van der Waals surface area contributed by atoms with E-state index in [2.05, 4.69) is 0 Å². The molecule has 0 unspecified atom stereocenters. The molecule has 0 saturated carbocycles. The zero-order valence-electron chi connectivity index (χ0n) is 17.3. The third kappa shape index (κ3) is 5.21. The van der Waals surface area contributed by atoms with E-state index in [1.165, 1.54) is 7.11 Å². The molecule has 31 heavy (non-hydrogen) atoms. The first-order chi connectivity index (χ1) is 14.9. The lowest BCUT2D eigenvalue weighted by Crippen LogP contribution is -2.56. The molecule has 0 spiro atoms. The maximum Gasteiger partial charge on any atom is 0.308 e. The van der Waals surface area contributed by atoms with Crippen LogP contribution >= 0.6 is 23.2 Å². The van der Waals surface area contributed by atoms with Crippen LogP contribution in [-0.2, 0) is 19.1 Å². The molecule has 1 amide bonds. The lowest BCUT2D eigenvalue weighted by atomic mass is 9.89. The molecular formula is C23H25Cl2NO5. The topological polar surface area (TPSA) is 76.1 Å². The summed E-state index contributed by atoms with van der Waals surface area (Å²) >= 11 is 12.3. The van der Waals surface area contributed by atoms with Crippen molar-refractivity contribution in [1.82, 2.24) is 4.90 Å². The van der Waals surface area contributed by atoms with Gasteiger partial charge in [-0.25, -0.2) is 0 Å². The third-order valence-corrected chi connectivity index (χ3v) is 5.96. The zero-order valence-corrected chi connectivity index (χ0v) is 18.8. The van der Waals surface area contributed by atoms with Crippen LogP contribution in [0.2, 0.25) is 10.0 Å². The van der Waals surface area contributed by atoms with Crippen molar-refractivity contribution in [1.29, 1.82) is 0 Å². The van der Waals surface area contributed by atoms with Gasteiger partial charge in [-0.15, -0.1) is 0 Å².